The number of rotatable bonds is 2. The van der Waals surface area contributed by atoms with Crippen LogP contribution in [-0.2, 0) is 0 Å². The zero-order valence-corrected chi connectivity index (χ0v) is 7.70. The van der Waals surface area contributed by atoms with Gasteiger partial charge in [-0.05, 0) is 37.1 Å². The van der Waals surface area contributed by atoms with Crippen LogP contribution in [0.25, 0.3) is 0 Å². The highest BCUT2D eigenvalue weighted by Crippen LogP contribution is 2.23. The standard InChI is InChI=1S/C10H12FN3/c11-7-1-3-8(4-2-7)13-10(12)14-9-5-6-9/h1-4,9H,5-6H2,(H3,12,13,14). The van der Waals surface area contributed by atoms with E-state index in [-0.39, 0.29) is 5.82 Å². The second-order valence-electron chi connectivity index (χ2n) is 3.38. The van der Waals surface area contributed by atoms with Crippen molar-refractivity contribution in [2.75, 3.05) is 5.32 Å². The van der Waals surface area contributed by atoms with Gasteiger partial charge in [-0.2, -0.15) is 0 Å². The number of nitrogens with zero attached hydrogens (tertiary/aromatic N) is 1. The topological polar surface area (TPSA) is 50.4 Å². The van der Waals surface area contributed by atoms with Gasteiger partial charge in [0.25, 0.3) is 0 Å². The van der Waals surface area contributed by atoms with Crippen LogP contribution in [0.1, 0.15) is 12.8 Å². The van der Waals surface area contributed by atoms with Gasteiger partial charge in [0.2, 0.25) is 0 Å². The molecule has 4 heteroatoms. The van der Waals surface area contributed by atoms with E-state index in [1.165, 1.54) is 12.1 Å². The van der Waals surface area contributed by atoms with Gasteiger partial charge in [0, 0.05) is 5.69 Å². The molecule has 1 aromatic rings. The van der Waals surface area contributed by atoms with Crippen molar-refractivity contribution in [1.29, 1.82) is 0 Å². The maximum absolute atomic E-state index is 12.6. The van der Waals surface area contributed by atoms with Crippen LogP contribution in [0.5, 0.6) is 0 Å². The fourth-order valence-corrected chi connectivity index (χ4v) is 1.11. The van der Waals surface area contributed by atoms with Crippen LogP contribution in [0.15, 0.2) is 29.3 Å². The monoisotopic (exact) mass is 193 g/mol. The third-order valence-electron chi connectivity index (χ3n) is 1.99. The Morgan fingerprint density at radius 1 is 1.36 bits per heavy atom. The summed E-state index contributed by atoms with van der Waals surface area (Å²) in [6.45, 7) is 0. The van der Waals surface area contributed by atoms with E-state index in [1.54, 1.807) is 12.1 Å². The Bertz CT molecular complexity index is 341. The summed E-state index contributed by atoms with van der Waals surface area (Å²) in [7, 11) is 0. The van der Waals surface area contributed by atoms with Crippen LogP contribution in [0.2, 0.25) is 0 Å². The number of aliphatic imine (C=N–C) groups is 1. The first-order valence-corrected chi connectivity index (χ1v) is 4.60. The molecule has 1 saturated carbocycles. The minimum Gasteiger partial charge on any atom is -0.370 e. The molecule has 14 heavy (non-hydrogen) atoms. The number of hydrogen-bond donors (Lipinski definition) is 2. The van der Waals surface area contributed by atoms with Gasteiger partial charge < -0.3 is 11.1 Å². The summed E-state index contributed by atoms with van der Waals surface area (Å²) in [6, 6.07) is 6.41. The molecule has 74 valence electrons. The van der Waals surface area contributed by atoms with Gasteiger partial charge >= 0.3 is 0 Å². The Morgan fingerprint density at radius 3 is 2.57 bits per heavy atom. The number of anilines is 1. The fourth-order valence-electron chi connectivity index (χ4n) is 1.11. The summed E-state index contributed by atoms with van der Waals surface area (Å²) >= 11 is 0. The summed E-state index contributed by atoms with van der Waals surface area (Å²) in [4.78, 5) is 4.20. The average molecular weight is 193 g/mol. The minimum atomic E-state index is -0.256. The summed E-state index contributed by atoms with van der Waals surface area (Å²) < 4.78 is 12.6. The van der Waals surface area contributed by atoms with Gasteiger partial charge in [-0.15, -0.1) is 0 Å². The van der Waals surface area contributed by atoms with Gasteiger partial charge in [0.15, 0.2) is 5.96 Å². The summed E-state index contributed by atoms with van der Waals surface area (Å²) in [5.41, 5.74) is 6.39. The lowest BCUT2D eigenvalue weighted by Gasteiger charge is -2.04. The first-order valence-electron chi connectivity index (χ1n) is 4.60. The lowest BCUT2D eigenvalue weighted by molar-refractivity contribution is 0.628. The number of nitrogens with one attached hydrogen (secondary N) is 1. The van der Waals surface area contributed by atoms with Gasteiger partial charge in [-0.1, -0.05) is 0 Å². The van der Waals surface area contributed by atoms with Crippen LogP contribution in [0.3, 0.4) is 0 Å². The highest BCUT2D eigenvalue weighted by molar-refractivity contribution is 5.92. The molecule has 3 N–H and O–H groups in total. The maximum atomic E-state index is 12.6. The summed E-state index contributed by atoms with van der Waals surface area (Å²) in [6.07, 6.45) is 2.23. The molecule has 0 spiro atoms. The van der Waals surface area contributed by atoms with Crippen LogP contribution >= 0.6 is 0 Å². The van der Waals surface area contributed by atoms with Gasteiger partial charge in [-0.25, -0.2) is 9.38 Å². The molecule has 1 aromatic carbocycles. The molecule has 3 nitrogen and oxygen atoms in total. The number of hydrogen-bond acceptors (Lipinski definition) is 1. The molecule has 1 aliphatic rings. The summed E-state index contributed by atoms with van der Waals surface area (Å²) in [5.74, 6) is 0.146. The van der Waals surface area contributed by atoms with Crippen LogP contribution in [0, 0.1) is 5.82 Å². The van der Waals surface area contributed by atoms with Crippen molar-refractivity contribution in [1.82, 2.24) is 0 Å². The third-order valence-corrected chi connectivity index (χ3v) is 1.99. The van der Waals surface area contributed by atoms with Crippen LogP contribution in [0.4, 0.5) is 10.1 Å². The van der Waals surface area contributed by atoms with E-state index in [0.29, 0.717) is 12.0 Å². The predicted octanol–water partition coefficient (Wildman–Crippen LogP) is 1.71. The smallest absolute Gasteiger partial charge is 0.193 e. The van der Waals surface area contributed by atoms with Crippen molar-refractivity contribution in [3.8, 4) is 0 Å². The molecular weight excluding hydrogens is 181 g/mol. The largest absolute Gasteiger partial charge is 0.370 e. The van der Waals surface area contributed by atoms with Crippen molar-refractivity contribution >= 4 is 11.6 Å². The molecular formula is C10H12FN3. The van der Waals surface area contributed by atoms with Gasteiger partial charge in [-0.3, -0.25) is 0 Å². The van der Waals surface area contributed by atoms with Crippen molar-refractivity contribution < 1.29 is 4.39 Å². The quantitative estimate of drug-likeness (QED) is 0.555. The van der Waals surface area contributed by atoms with Gasteiger partial charge in [0.1, 0.15) is 5.82 Å². The molecule has 0 unspecified atom stereocenters. The van der Waals surface area contributed by atoms with E-state index in [2.05, 4.69) is 10.3 Å². The molecule has 0 aliphatic heterocycles. The third kappa shape index (κ3) is 2.45. The molecule has 0 aromatic heterocycles. The zero-order chi connectivity index (χ0) is 9.97. The van der Waals surface area contributed by atoms with E-state index in [0.717, 1.165) is 18.5 Å². The molecule has 0 bridgehead atoms. The number of halogens is 1. The molecule has 0 radical (unpaired) electrons. The second-order valence-corrected chi connectivity index (χ2v) is 3.38. The second kappa shape index (κ2) is 3.65. The van der Waals surface area contributed by atoms with E-state index in [4.69, 9.17) is 5.73 Å². The highest BCUT2D eigenvalue weighted by Gasteiger charge is 2.20. The lowest BCUT2D eigenvalue weighted by atomic mass is 10.3. The molecule has 0 atom stereocenters. The normalized spacial score (nSPS) is 16.8. The highest BCUT2D eigenvalue weighted by atomic mass is 19.1. The number of nitrogens with two attached hydrogens (primary N) is 1. The van der Waals surface area contributed by atoms with E-state index in [1.807, 2.05) is 0 Å². The minimum absolute atomic E-state index is 0.256. The Morgan fingerprint density at radius 2 is 2.00 bits per heavy atom. The molecule has 2 rings (SSSR count). The fraction of sp³-hybridized carbons (Fsp3) is 0.300. The molecule has 0 heterocycles. The molecule has 0 amide bonds. The van der Waals surface area contributed by atoms with E-state index < -0.39 is 0 Å². The lowest BCUT2D eigenvalue weighted by Crippen LogP contribution is -2.22. The van der Waals surface area contributed by atoms with Crippen LogP contribution in [-0.4, -0.2) is 12.0 Å². The average Bonchev–Trinajstić information content (AvgIpc) is 2.93. The number of benzene rings is 1. The van der Waals surface area contributed by atoms with E-state index >= 15 is 0 Å². The van der Waals surface area contributed by atoms with Crippen LogP contribution < -0.4 is 11.1 Å². The first-order chi connectivity index (χ1) is 6.74. The SMILES string of the molecule is NC(=NC1CC1)Nc1ccc(F)cc1. The predicted molar refractivity (Wildman–Crippen MR) is 54.7 cm³/mol. The van der Waals surface area contributed by atoms with Crippen molar-refractivity contribution in [2.45, 2.75) is 18.9 Å². The Balaban J connectivity index is 1.99. The van der Waals surface area contributed by atoms with Gasteiger partial charge in [0.05, 0.1) is 6.04 Å². The van der Waals surface area contributed by atoms with Crippen molar-refractivity contribution in [3.05, 3.63) is 30.1 Å². The Hall–Kier alpha value is -1.58. The van der Waals surface area contributed by atoms with Crippen molar-refractivity contribution in [2.24, 2.45) is 10.7 Å². The Kier molecular flexibility index (Phi) is 2.35. The Labute approximate surface area is 81.8 Å². The number of guanidine groups is 1. The zero-order valence-electron chi connectivity index (χ0n) is 7.70. The molecule has 0 saturated heterocycles. The van der Waals surface area contributed by atoms with E-state index in [9.17, 15) is 4.39 Å². The molecule has 1 aliphatic carbocycles. The first kappa shape index (κ1) is 8.99. The molecule has 1 fully saturated rings. The summed E-state index contributed by atoms with van der Waals surface area (Å²) in [5, 5.41) is 2.90. The maximum Gasteiger partial charge on any atom is 0.193 e. The van der Waals surface area contributed by atoms with Crippen molar-refractivity contribution in [3.63, 3.8) is 0 Å².